The molecule has 0 unspecified atom stereocenters. The minimum Gasteiger partial charge on any atom is -0.357 e. The van der Waals surface area contributed by atoms with Crippen LogP contribution in [0.2, 0.25) is 0 Å². The van der Waals surface area contributed by atoms with Crippen LogP contribution < -0.4 is 15.5 Å². The van der Waals surface area contributed by atoms with E-state index in [1.807, 2.05) is 25.4 Å². The van der Waals surface area contributed by atoms with Crippen LogP contribution in [0.1, 0.15) is 31.2 Å². The van der Waals surface area contributed by atoms with E-state index in [-0.39, 0.29) is 24.0 Å². The van der Waals surface area contributed by atoms with Crippen LogP contribution in [0.3, 0.4) is 0 Å². The summed E-state index contributed by atoms with van der Waals surface area (Å²) in [5, 5.41) is 11.3. The standard InChI is InChI=1S/C22H37N9.HI/c1-4-23-21(25-11-7-13-31-20(3)18-19(2)28-31)24-10-6-12-29-14-16-30(17-15-29)22-26-8-5-9-27-22;/h5,8-9,18H,4,6-7,10-17H2,1-3H3,(H2,23,24,25);1H. The smallest absolute Gasteiger partial charge is 0.225 e. The Morgan fingerprint density at radius 2 is 1.78 bits per heavy atom. The zero-order valence-corrected chi connectivity index (χ0v) is 22.0. The fourth-order valence-corrected chi connectivity index (χ4v) is 3.79. The number of nitrogens with one attached hydrogen (secondary N) is 2. The number of halogens is 1. The monoisotopic (exact) mass is 555 g/mol. The van der Waals surface area contributed by atoms with Crippen molar-refractivity contribution in [3.05, 3.63) is 35.9 Å². The molecule has 0 spiro atoms. The van der Waals surface area contributed by atoms with Crippen molar-refractivity contribution in [1.82, 2.24) is 35.3 Å². The van der Waals surface area contributed by atoms with Crippen molar-refractivity contribution >= 4 is 35.9 Å². The number of piperazine rings is 1. The van der Waals surface area contributed by atoms with Gasteiger partial charge in [-0.15, -0.1) is 24.0 Å². The molecule has 3 rings (SSSR count). The third-order valence-electron chi connectivity index (χ3n) is 5.40. The van der Waals surface area contributed by atoms with E-state index in [1.165, 1.54) is 5.69 Å². The zero-order valence-electron chi connectivity index (χ0n) is 19.6. The van der Waals surface area contributed by atoms with Crippen LogP contribution in [0.4, 0.5) is 5.95 Å². The lowest BCUT2D eigenvalue weighted by atomic mass is 10.3. The van der Waals surface area contributed by atoms with E-state index in [4.69, 9.17) is 4.99 Å². The highest BCUT2D eigenvalue weighted by atomic mass is 127. The van der Waals surface area contributed by atoms with Crippen LogP contribution in [0.15, 0.2) is 29.5 Å². The molecular formula is C22H38IN9. The van der Waals surface area contributed by atoms with Gasteiger partial charge in [0.05, 0.1) is 5.69 Å². The van der Waals surface area contributed by atoms with Crippen molar-refractivity contribution in [3.8, 4) is 0 Å². The summed E-state index contributed by atoms with van der Waals surface area (Å²) < 4.78 is 2.06. The largest absolute Gasteiger partial charge is 0.357 e. The number of anilines is 1. The molecule has 0 radical (unpaired) electrons. The molecule has 1 fully saturated rings. The summed E-state index contributed by atoms with van der Waals surface area (Å²) in [4.78, 5) is 18.2. The predicted molar refractivity (Wildman–Crippen MR) is 141 cm³/mol. The summed E-state index contributed by atoms with van der Waals surface area (Å²) in [6, 6.07) is 3.98. The maximum absolute atomic E-state index is 4.71. The molecule has 2 aromatic rings. The highest BCUT2D eigenvalue weighted by Gasteiger charge is 2.18. The Balaban J connectivity index is 0.00000363. The molecule has 32 heavy (non-hydrogen) atoms. The van der Waals surface area contributed by atoms with Crippen LogP contribution in [0.25, 0.3) is 0 Å². The van der Waals surface area contributed by atoms with Crippen LogP contribution in [0.5, 0.6) is 0 Å². The number of hydrogen-bond acceptors (Lipinski definition) is 6. The summed E-state index contributed by atoms with van der Waals surface area (Å²) in [6.45, 7) is 14.9. The third-order valence-corrected chi connectivity index (χ3v) is 5.40. The first-order valence-electron chi connectivity index (χ1n) is 11.4. The summed E-state index contributed by atoms with van der Waals surface area (Å²) in [6.07, 6.45) is 5.69. The highest BCUT2D eigenvalue weighted by molar-refractivity contribution is 14.0. The molecule has 2 N–H and O–H groups in total. The predicted octanol–water partition coefficient (Wildman–Crippen LogP) is 2.07. The number of aliphatic imine (C=N–C) groups is 1. The molecule has 2 aromatic heterocycles. The molecule has 10 heteroatoms. The van der Waals surface area contributed by atoms with Gasteiger partial charge in [0.1, 0.15) is 0 Å². The van der Waals surface area contributed by atoms with Gasteiger partial charge in [-0.1, -0.05) is 0 Å². The van der Waals surface area contributed by atoms with Crippen molar-refractivity contribution < 1.29 is 0 Å². The molecule has 9 nitrogen and oxygen atoms in total. The Kier molecular flexibility index (Phi) is 11.7. The van der Waals surface area contributed by atoms with E-state index < -0.39 is 0 Å². The maximum Gasteiger partial charge on any atom is 0.225 e. The van der Waals surface area contributed by atoms with Gasteiger partial charge in [0.25, 0.3) is 0 Å². The van der Waals surface area contributed by atoms with Crippen molar-refractivity contribution in [2.45, 2.75) is 40.2 Å². The van der Waals surface area contributed by atoms with Crippen molar-refractivity contribution in [2.75, 3.05) is 57.3 Å². The molecule has 0 aromatic carbocycles. The van der Waals surface area contributed by atoms with Gasteiger partial charge in [0.2, 0.25) is 5.95 Å². The summed E-state index contributed by atoms with van der Waals surface area (Å²) in [5.41, 5.74) is 2.29. The molecule has 0 aliphatic carbocycles. The first-order chi connectivity index (χ1) is 15.2. The molecule has 1 saturated heterocycles. The molecular weight excluding hydrogens is 517 g/mol. The van der Waals surface area contributed by atoms with E-state index >= 15 is 0 Å². The number of rotatable bonds is 10. The topological polar surface area (TPSA) is 86.5 Å². The quantitative estimate of drug-likeness (QED) is 0.201. The van der Waals surface area contributed by atoms with Crippen LogP contribution in [-0.2, 0) is 6.54 Å². The van der Waals surface area contributed by atoms with E-state index in [9.17, 15) is 0 Å². The van der Waals surface area contributed by atoms with E-state index in [0.29, 0.717) is 0 Å². The highest BCUT2D eigenvalue weighted by Crippen LogP contribution is 2.09. The summed E-state index contributed by atoms with van der Waals surface area (Å²) in [5.74, 6) is 1.75. The Hall–Kier alpha value is -1.95. The number of aryl methyl sites for hydroxylation is 3. The lowest BCUT2D eigenvalue weighted by Crippen LogP contribution is -2.47. The average Bonchev–Trinajstić information content (AvgIpc) is 3.12. The molecule has 0 atom stereocenters. The Bertz CT molecular complexity index is 801. The maximum atomic E-state index is 4.71. The van der Waals surface area contributed by atoms with Gasteiger partial charge < -0.3 is 15.5 Å². The second-order valence-corrected chi connectivity index (χ2v) is 7.92. The second kappa shape index (κ2) is 14.2. The van der Waals surface area contributed by atoms with E-state index in [0.717, 1.165) is 89.3 Å². The Morgan fingerprint density at radius 3 is 2.44 bits per heavy atom. The SMILES string of the molecule is CCNC(=NCCCn1nc(C)cc1C)NCCCN1CCN(c2ncccn2)CC1.I. The van der Waals surface area contributed by atoms with Crippen molar-refractivity contribution in [1.29, 1.82) is 0 Å². The van der Waals surface area contributed by atoms with Gasteiger partial charge in [-0.3, -0.25) is 14.6 Å². The minimum absolute atomic E-state index is 0. The van der Waals surface area contributed by atoms with Crippen molar-refractivity contribution in [2.24, 2.45) is 4.99 Å². The summed E-state index contributed by atoms with van der Waals surface area (Å²) >= 11 is 0. The average molecular weight is 556 g/mol. The molecule has 178 valence electrons. The first-order valence-corrected chi connectivity index (χ1v) is 11.4. The lowest BCUT2D eigenvalue weighted by Gasteiger charge is -2.34. The molecule has 1 aliphatic heterocycles. The molecule has 0 bridgehead atoms. The van der Waals surface area contributed by atoms with Gasteiger partial charge in [-0.05, 0) is 52.3 Å². The normalized spacial score (nSPS) is 14.8. The Morgan fingerprint density at radius 1 is 1.03 bits per heavy atom. The number of hydrogen-bond donors (Lipinski definition) is 2. The first kappa shape index (κ1) is 26.3. The van der Waals surface area contributed by atoms with Gasteiger partial charge in [0, 0.05) is 70.4 Å². The second-order valence-electron chi connectivity index (χ2n) is 7.92. The van der Waals surface area contributed by atoms with Crippen LogP contribution in [-0.4, -0.2) is 83.0 Å². The lowest BCUT2D eigenvalue weighted by molar-refractivity contribution is 0.254. The number of nitrogens with zero attached hydrogens (tertiary/aromatic N) is 7. The molecule has 0 amide bonds. The third kappa shape index (κ3) is 8.53. The van der Waals surface area contributed by atoms with Crippen molar-refractivity contribution in [3.63, 3.8) is 0 Å². The Labute approximate surface area is 209 Å². The van der Waals surface area contributed by atoms with Crippen LogP contribution >= 0.6 is 24.0 Å². The fourth-order valence-electron chi connectivity index (χ4n) is 3.79. The number of aromatic nitrogens is 4. The van der Waals surface area contributed by atoms with E-state index in [2.05, 4.69) is 60.1 Å². The van der Waals surface area contributed by atoms with Gasteiger partial charge in [0.15, 0.2) is 5.96 Å². The van der Waals surface area contributed by atoms with Gasteiger partial charge in [-0.2, -0.15) is 5.10 Å². The molecule has 3 heterocycles. The molecule has 1 aliphatic rings. The van der Waals surface area contributed by atoms with Crippen LogP contribution in [0, 0.1) is 13.8 Å². The number of guanidine groups is 1. The van der Waals surface area contributed by atoms with E-state index in [1.54, 1.807) is 0 Å². The minimum atomic E-state index is 0. The van der Waals surface area contributed by atoms with Gasteiger partial charge >= 0.3 is 0 Å². The molecule has 0 saturated carbocycles. The van der Waals surface area contributed by atoms with Gasteiger partial charge in [-0.25, -0.2) is 9.97 Å². The fraction of sp³-hybridized carbons (Fsp3) is 0.636. The zero-order chi connectivity index (χ0) is 21.9. The summed E-state index contributed by atoms with van der Waals surface area (Å²) in [7, 11) is 0.